The SMILES string of the molecule is COc1cc([C@@H](C(=O)Nc2ccc(N(C)C)cc2)N(Cc2ccc(F)cc2)C(=O)CN2C(=O)C(=O)c3ccccc32)cc(OC)c1OC. The molecule has 1 aliphatic heterocycles. The van der Waals surface area contributed by atoms with Gasteiger partial charge in [0.15, 0.2) is 11.5 Å². The fourth-order valence-corrected chi connectivity index (χ4v) is 5.53. The molecule has 1 atom stereocenters. The third-order valence-corrected chi connectivity index (χ3v) is 7.97. The van der Waals surface area contributed by atoms with Crippen LogP contribution in [0.25, 0.3) is 0 Å². The van der Waals surface area contributed by atoms with Gasteiger partial charge in [-0.15, -0.1) is 0 Å². The molecular formula is C36H35FN4O7. The normalized spacial score (nSPS) is 12.7. The van der Waals surface area contributed by atoms with Gasteiger partial charge in [-0.2, -0.15) is 0 Å². The quantitative estimate of drug-likeness (QED) is 0.216. The Kier molecular flexibility index (Phi) is 9.93. The summed E-state index contributed by atoms with van der Waals surface area (Å²) in [5, 5.41) is 2.91. The van der Waals surface area contributed by atoms with E-state index in [1.807, 2.05) is 31.1 Å². The highest BCUT2D eigenvalue weighted by molar-refractivity contribution is 6.52. The van der Waals surface area contributed by atoms with Crippen LogP contribution in [0.1, 0.15) is 27.5 Å². The Morgan fingerprint density at radius 3 is 2.06 bits per heavy atom. The summed E-state index contributed by atoms with van der Waals surface area (Å²) in [6.07, 6.45) is 0. The number of amides is 3. The van der Waals surface area contributed by atoms with Crippen molar-refractivity contribution in [1.82, 2.24) is 4.90 Å². The van der Waals surface area contributed by atoms with Crippen molar-refractivity contribution in [2.24, 2.45) is 0 Å². The van der Waals surface area contributed by atoms with Crippen molar-refractivity contribution in [3.63, 3.8) is 0 Å². The van der Waals surface area contributed by atoms with Crippen molar-refractivity contribution in [3.8, 4) is 17.2 Å². The monoisotopic (exact) mass is 654 g/mol. The molecule has 4 aromatic rings. The molecule has 4 aromatic carbocycles. The highest BCUT2D eigenvalue weighted by Gasteiger charge is 2.40. The third kappa shape index (κ3) is 6.77. The van der Waals surface area contributed by atoms with Crippen molar-refractivity contribution in [2.45, 2.75) is 12.6 Å². The van der Waals surface area contributed by atoms with Gasteiger partial charge in [0.1, 0.15) is 18.4 Å². The lowest BCUT2D eigenvalue weighted by atomic mass is 10.0. The first-order chi connectivity index (χ1) is 23.1. The van der Waals surface area contributed by atoms with Crippen molar-refractivity contribution in [3.05, 3.63) is 107 Å². The van der Waals surface area contributed by atoms with E-state index in [9.17, 15) is 23.6 Å². The number of Topliss-reactive ketones (excluding diaryl/α,β-unsaturated/α-hetero) is 1. The lowest BCUT2D eigenvalue weighted by molar-refractivity contribution is -0.139. The minimum atomic E-state index is -1.34. The number of nitrogens with one attached hydrogen (secondary N) is 1. The maximum absolute atomic E-state index is 14.4. The van der Waals surface area contributed by atoms with Crippen LogP contribution in [0.4, 0.5) is 21.5 Å². The second kappa shape index (κ2) is 14.2. The summed E-state index contributed by atoms with van der Waals surface area (Å²) in [5.74, 6) is -2.57. The van der Waals surface area contributed by atoms with Gasteiger partial charge in [-0.25, -0.2) is 4.39 Å². The highest BCUT2D eigenvalue weighted by Crippen LogP contribution is 2.41. The maximum atomic E-state index is 14.4. The Hall–Kier alpha value is -5.91. The number of rotatable bonds is 12. The smallest absolute Gasteiger partial charge is 0.299 e. The van der Waals surface area contributed by atoms with Crippen molar-refractivity contribution in [2.75, 3.05) is 57.1 Å². The van der Waals surface area contributed by atoms with Crippen molar-refractivity contribution in [1.29, 1.82) is 0 Å². The number of para-hydroxylation sites is 1. The van der Waals surface area contributed by atoms with E-state index in [0.29, 0.717) is 16.8 Å². The molecule has 248 valence electrons. The van der Waals surface area contributed by atoms with Crippen LogP contribution in [0.2, 0.25) is 0 Å². The molecule has 0 fully saturated rings. The summed E-state index contributed by atoms with van der Waals surface area (Å²) in [6, 6.07) is 20.8. The summed E-state index contributed by atoms with van der Waals surface area (Å²) < 4.78 is 30.6. The predicted octanol–water partition coefficient (Wildman–Crippen LogP) is 4.86. The number of methoxy groups -OCH3 is 3. The van der Waals surface area contributed by atoms with Gasteiger partial charge in [-0.05, 0) is 71.8 Å². The number of fused-ring (bicyclic) bond motifs is 1. The fourth-order valence-electron chi connectivity index (χ4n) is 5.53. The van der Waals surface area contributed by atoms with E-state index in [-0.39, 0.29) is 35.0 Å². The van der Waals surface area contributed by atoms with E-state index in [2.05, 4.69) is 5.32 Å². The van der Waals surface area contributed by atoms with E-state index in [4.69, 9.17) is 14.2 Å². The first-order valence-electron chi connectivity index (χ1n) is 14.9. The zero-order valence-electron chi connectivity index (χ0n) is 27.2. The Balaban J connectivity index is 1.63. The average Bonchev–Trinajstić information content (AvgIpc) is 3.33. The Labute approximate surface area is 277 Å². The van der Waals surface area contributed by atoms with Gasteiger partial charge in [0, 0.05) is 32.0 Å². The van der Waals surface area contributed by atoms with E-state index < -0.39 is 41.9 Å². The van der Waals surface area contributed by atoms with Gasteiger partial charge in [-0.1, -0.05) is 24.3 Å². The lowest BCUT2D eigenvalue weighted by Crippen LogP contribution is -2.46. The number of nitrogens with zero attached hydrogens (tertiary/aromatic N) is 3. The topological polar surface area (TPSA) is 118 Å². The Morgan fingerprint density at radius 2 is 1.48 bits per heavy atom. The summed E-state index contributed by atoms with van der Waals surface area (Å²) in [6.45, 7) is -0.709. The second-order valence-electron chi connectivity index (χ2n) is 11.2. The van der Waals surface area contributed by atoms with Gasteiger partial charge in [0.2, 0.25) is 11.7 Å². The van der Waals surface area contributed by atoms with Crippen molar-refractivity contribution < 1.29 is 37.8 Å². The average molecular weight is 655 g/mol. The van der Waals surface area contributed by atoms with Gasteiger partial charge < -0.3 is 29.3 Å². The lowest BCUT2D eigenvalue weighted by Gasteiger charge is -2.33. The number of hydrogen-bond acceptors (Lipinski definition) is 8. The van der Waals surface area contributed by atoms with Gasteiger partial charge in [0.05, 0.1) is 32.6 Å². The van der Waals surface area contributed by atoms with Crippen LogP contribution in [0.15, 0.2) is 84.9 Å². The molecule has 3 amide bonds. The van der Waals surface area contributed by atoms with Crippen LogP contribution in [-0.4, -0.2) is 70.4 Å². The largest absolute Gasteiger partial charge is 0.493 e. The Bertz CT molecular complexity index is 1820. The van der Waals surface area contributed by atoms with Crippen molar-refractivity contribution >= 4 is 40.6 Å². The number of carbonyl (C=O) groups excluding carboxylic acids is 4. The van der Waals surface area contributed by atoms with E-state index in [1.165, 1.54) is 56.6 Å². The Morgan fingerprint density at radius 1 is 0.854 bits per heavy atom. The number of carbonyl (C=O) groups is 4. The fraction of sp³-hybridized carbons (Fsp3) is 0.222. The highest BCUT2D eigenvalue weighted by atomic mass is 19.1. The molecule has 0 aromatic heterocycles. The van der Waals surface area contributed by atoms with E-state index in [0.717, 1.165) is 10.6 Å². The van der Waals surface area contributed by atoms with Crippen LogP contribution in [0.5, 0.6) is 17.2 Å². The van der Waals surface area contributed by atoms with Gasteiger partial charge in [0.25, 0.3) is 17.6 Å². The zero-order chi connectivity index (χ0) is 34.5. The van der Waals surface area contributed by atoms with Gasteiger partial charge in [-0.3, -0.25) is 24.1 Å². The standard InChI is InChI=1S/C36H35FN4O7/c1-39(2)26-16-14-25(15-17-26)38-35(44)32(23-18-29(46-3)34(48-5)30(19-23)47-4)41(20-22-10-12-24(37)13-11-22)31(42)21-40-28-9-7-6-8-27(28)33(43)36(40)45/h6-19,32H,20-21H2,1-5H3,(H,38,44)/t32-/m0/s1. The second-order valence-corrected chi connectivity index (χ2v) is 11.2. The molecule has 0 saturated heterocycles. The number of anilines is 3. The van der Waals surface area contributed by atoms with E-state index in [1.54, 1.807) is 42.5 Å². The van der Waals surface area contributed by atoms with Crippen LogP contribution in [0, 0.1) is 5.82 Å². The molecule has 0 bridgehead atoms. The molecule has 0 saturated carbocycles. The number of ether oxygens (including phenoxy) is 3. The first kappa shape index (κ1) is 33.5. The molecule has 11 nitrogen and oxygen atoms in total. The minimum Gasteiger partial charge on any atom is -0.493 e. The number of hydrogen-bond donors (Lipinski definition) is 1. The molecule has 0 spiro atoms. The summed E-state index contributed by atoms with van der Waals surface area (Å²) >= 11 is 0. The zero-order valence-corrected chi connectivity index (χ0v) is 27.2. The maximum Gasteiger partial charge on any atom is 0.299 e. The summed E-state index contributed by atoms with van der Waals surface area (Å²) in [4.78, 5) is 59.0. The molecule has 48 heavy (non-hydrogen) atoms. The molecule has 1 aliphatic rings. The predicted molar refractivity (Wildman–Crippen MR) is 178 cm³/mol. The van der Waals surface area contributed by atoms with Crippen LogP contribution in [0.3, 0.4) is 0 Å². The molecular weight excluding hydrogens is 619 g/mol. The molecule has 5 rings (SSSR count). The number of halogens is 1. The number of benzene rings is 4. The summed E-state index contributed by atoms with van der Waals surface area (Å²) in [7, 11) is 8.08. The molecule has 1 N–H and O–H groups in total. The van der Waals surface area contributed by atoms with E-state index >= 15 is 0 Å². The van der Waals surface area contributed by atoms with Crippen LogP contribution < -0.4 is 29.3 Å². The number of ketones is 1. The molecule has 0 unspecified atom stereocenters. The molecule has 0 aliphatic carbocycles. The minimum absolute atomic E-state index is 0.162. The summed E-state index contributed by atoms with van der Waals surface area (Å²) in [5.41, 5.74) is 2.65. The third-order valence-electron chi connectivity index (χ3n) is 7.97. The molecule has 1 heterocycles. The first-order valence-corrected chi connectivity index (χ1v) is 14.9. The van der Waals surface area contributed by atoms with Crippen LogP contribution in [-0.2, 0) is 20.9 Å². The van der Waals surface area contributed by atoms with Gasteiger partial charge >= 0.3 is 0 Å². The van der Waals surface area contributed by atoms with Crippen LogP contribution >= 0.6 is 0 Å². The molecule has 0 radical (unpaired) electrons. The molecule has 12 heteroatoms.